The number of esters is 1. The molecule has 17 heavy (non-hydrogen) atoms. The number of hydrogen-bond acceptors (Lipinski definition) is 3. The van der Waals surface area contributed by atoms with Gasteiger partial charge < -0.3 is 4.74 Å². The highest BCUT2D eigenvalue weighted by molar-refractivity contribution is 7.98. The van der Waals surface area contributed by atoms with Gasteiger partial charge in [0.15, 0.2) is 0 Å². The van der Waals surface area contributed by atoms with E-state index < -0.39 is 0 Å². The fourth-order valence-corrected chi connectivity index (χ4v) is 2.17. The van der Waals surface area contributed by atoms with Crippen molar-refractivity contribution in [1.29, 1.82) is 0 Å². The van der Waals surface area contributed by atoms with Crippen LogP contribution in [0.25, 0.3) is 0 Å². The highest BCUT2D eigenvalue weighted by Gasteiger charge is 2.09. The van der Waals surface area contributed by atoms with Gasteiger partial charge in [0.25, 0.3) is 0 Å². The van der Waals surface area contributed by atoms with Gasteiger partial charge in [0.2, 0.25) is 0 Å². The van der Waals surface area contributed by atoms with E-state index in [0.717, 1.165) is 23.3 Å². The molecule has 1 rings (SSSR count). The van der Waals surface area contributed by atoms with Crippen LogP contribution in [0.15, 0.2) is 23.1 Å². The Morgan fingerprint density at radius 2 is 2.18 bits per heavy atom. The number of carbonyl (C=O) groups excluding carboxylic acids is 1. The summed E-state index contributed by atoms with van der Waals surface area (Å²) in [6, 6.07) is 5.86. The summed E-state index contributed by atoms with van der Waals surface area (Å²) < 4.78 is 5.01. The van der Waals surface area contributed by atoms with E-state index in [4.69, 9.17) is 16.3 Å². The lowest BCUT2D eigenvalue weighted by molar-refractivity contribution is 0.0526. The van der Waals surface area contributed by atoms with Gasteiger partial charge in [-0.05, 0) is 49.8 Å². The smallest absolute Gasteiger partial charge is 0.338 e. The topological polar surface area (TPSA) is 26.3 Å². The van der Waals surface area contributed by atoms with Gasteiger partial charge in [-0.15, -0.1) is 23.4 Å². The van der Waals surface area contributed by atoms with Gasteiger partial charge in [0.1, 0.15) is 0 Å². The highest BCUT2D eigenvalue weighted by Crippen LogP contribution is 2.20. The maximum atomic E-state index is 11.7. The number of ether oxygens (including phenoxy) is 1. The Bertz CT molecular complexity index is 380. The maximum Gasteiger partial charge on any atom is 0.338 e. The molecule has 0 atom stereocenters. The number of thioether (sulfide) groups is 1. The fraction of sp³-hybridized carbons (Fsp3) is 0.462. The lowest BCUT2D eigenvalue weighted by atomic mass is 10.1. The maximum absolute atomic E-state index is 11.7. The molecule has 0 spiro atoms. The molecule has 0 bridgehead atoms. The van der Waals surface area contributed by atoms with E-state index in [1.165, 1.54) is 0 Å². The van der Waals surface area contributed by atoms with E-state index in [9.17, 15) is 4.79 Å². The zero-order valence-electron chi connectivity index (χ0n) is 10.2. The molecule has 0 N–H and O–H groups in total. The predicted octanol–water partition coefficient (Wildman–Crippen LogP) is 3.76. The van der Waals surface area contributed by atoms with E-state index in [1.807, 2.05) is 25.3 Å². The average Bonchev–Trinajstić information content (AvgIpc) is 2.36. The van der Waals surface area contributed by atoms with Crippen molar-refractivity contribution in [3.8, 4) is 0 Å². The van der Waals surface area contributed by atoms with Gasteiger partial charge in [0, 0.05) is 10.8 Å². The Morgan fingerprint density at radius 1 is 1.41 bits per heavy atom. The van der Waals surface area contributed by atoms with Crippen LogP contribution in [0.3, 0.4) is 0 Å². The third kappa shape index (κ3) is 4.60. The monoisotopic (exact) mass is 272 g/mol. The molecule has 0 heterocycles. The largest absolute Gasteiger partial charge is 0.462 e. The van der Waals surface area contributed by atoms with Gasteiger partial charge in [-0.1, -0.05) is 0 Å². The summed E-state index contributed by atoms with van der Waals surface area (Å²) in [5.41, 5.74) is 1.77. The first-order valence-corrected chi connectivity index (χ1v) is 7.38. The van der Waals surface area contributed by atoms with Crippen LogP contribution in [0, 0.1) is 0 Å². The molecule has 0 unspecified atom stereocenters. The zero-order chi connectivity index (χ0) is 12.7. The molecule has 0 aromatic heterocycles. The number of alkyl halides is 1. The number of rotatable bonds is 6. The van der Waals surface area contributed by atoms with Gasteiger partial charge in [-0.25, -0.2) is 4.79 Å². The third-order valence-electron chi connectivity index (χ3n) is 2.31. The summed E-state index contributed by atoms with van der Waals surface area (Å²) in [6.07, 6.45) is 3.81. The first-order valence-electron chi connectivity index (χ1n) is 5.62. The normalized spacial score (nSPS) is 10.3. The lowest BCUT2D eigenvalue weighted by Gasteiger charge is -2.07. The van der Waals surface area contributed by atoms with Crippen molar-refractivity contribution in [2.24, 2.45) is 0 Å². The molecule has 0 saturated heterocycles. The number of halogens is 1. The Kier molecular flexibility index (Phi) is 6.45. The second-order valence-electron chi connectivity index (χ2n) is 3.58. The van der Waals surface area contributed by atoms with Crippen LogP contribution in [-0.4, -0.2) is 24.7 Å². The third-order valence-corrected chi connectivity index (χ3v) is 3.29. The molecule has 1 aromatic rings. The van der Waals surface area contributed by atoms with E-state index in [1.54, 1.807) is 11.8 Å². The van der Waals surface area contributed by atoms with Crippen molar-refractivity contribution in [3.05, 3.63) is 29.3 Å². The van der Waals surface area contributed by atoms with Crippen LogP contribution in [-0.2, 0) is 11.2 Å². The van der Waals surface area contributed by atoms with E-state index in [2.05, 4.69) is 6.07 Å². The fourth-order valence-electron chi connectivity index (χ4n) is 1.53. The van der Waals surface area contributed by atoms with Gasteiger partial charge in [-0.3, -0.25) is 0 Å². The summed E-state index contributed by atoms with van der Waals surface area (Å²) in [7, 11) is 0. The SMILES string of the molecule is CCOC(=O)c1cc(CCCCl)cc(SC)c1. The van der Waals surface area contributed by atoms with E-state index >= 15 is 0 Å². The first kappa shape index (κ1) is 14.4. The summed E-state index contributed by atoms with van der Waals surface area (Å²) in [4.78, 5) is 12.8. The van der Waals surface area contributed by atoms with E-state index in [-0.39, 0.29) is 5.97 Å². The van der Waals surface area contributed by atoms with Crippen LogP contribution < -0.4 is 0 Å². The minimum Gasteiger partial charge on any atom is -0.462 e. The highest BCUT2D eigenvalue weighted by atomic mass is 35.5. The minimum absolute atomic E-state index is 0.254. The Labute approximate surface area is 112 Å². The van der Waals surface area contributed by atoms with Crippen molar-refractivity contribution < 1.29 is 9.53 Å². The van der Waals surface area contributed by atoms with Gasteiger partial charge in [0.05, 0.1) is 12.2 Å². The summed E-state index contributed by atoms with van der Waals surface area (Å²) >= 11 is 7.31. The molecule has 0 aliphatic carbocycles. The second-order valence-corrected chi connectivity index (χ2v) is 4.84. The Hall–Kier alpha value is -0.670. The number of aryl methyl sites for hydroxylation is 1. The lowest BCUT2D eigenvalue weighted by Crippen LogP contribution is -2.05. The minimum atomic E-state index is -0.254. The average molecular weight is 273 g/mol. The molecular formula is C13H17ClO2S. The number of hydrogen-bond donors (Lipinski definition) is 0. The van der Waals surface area contributed by atoms with Crippen LogP contribution in [0.4, 0.5) is 0 Å². The molecule has 0 fully saturated rings. The quantitative estimate of drug-likeness (QED) is 0.448. The predicted molar refractivity (Wildman–Crippen MR) is 73.2 cm³/mol. The molecule has 0 radical (unpaired) electrons. The van der Waals surface area contributed by atoms with Crippen LogP contribution in [0.2, 0.25) is 0 Å². The zero-order valence-corrected chi connectivity index (χ0v) is 11.7. The molecule has 0 saturated carbocycles. The number of carbonyl (C=O) groups is 1. The van der Waals surface area contributed by atoms with Crippen molar-refractivity contribution in [2.45, 2.75) is 24.7 Å². The summed E-state index contributed by atoms with van der Waals surface area (Å²) in [5, 5.41) is 0. The Morgan fingerprint density at radius 3 is 2.76 bits per heavy atom. The van der Waals surface area contributed by atoms with Crippen molar-refractivity contribution in [3.63, 3.8) is 0 Å². The molecule has 1 aromatic carbocycles. The first-order chi connectivity index (χ1) is 8.21. The Balaban J connectivity index is 2.92. The van der Waals surface area contributed by atoms with Crippen LogP contribution in [0.1, 0.15) is 29.3 Å². The standard InChI is InChI=1S/C13H17ClO2S/c1-3-16-13(15)11-7-10(5-4-6-14)8-12(9-11)17-2/h7-9H,3-6H2,1-2H3. The number of benzene rings is 1. The molecule has 4 heteroatoms. The van der Waals surface area contributed by atoms with Gasteiger partial charge >= 0.3 is 5.97 Å². The molecule has 94 valence electrons. The molecule has 0 aliphatic heterocycles. The van der Waals surface area contributed by atoms with E-state index in [0.29, 0.717) is 18.1 Å². The molecule has 0 amide bonds. The summed E-state index contributed by atoms with van der Waals surface area (Å²) in [5.74, 6) is 0.383. The second kappa shape index (κ2) is 7.62. The van der Waals surface area contributed by atoms with Crippen molar-refractivity contribution in [2.75, 3.05) is 18.7 Å². The molecular weight excluding hydrogens is 256 g/mol. The molecule has 2 nitrogen and oxygen atoms in total. The van der Waals surface area contributed by atoms with Crippen molar-refractivity contribution in [1.82, 2.24) is 0 Å². The summed E-state index contributed by atoms with van der Waals surface area (Å²) in [6.45, 7) is 2.21. The molecule has 0 aliphatic rings. The van der Waals surface area contributed by atoms with Crippen LogP contribution >= 0.6 is 23.4 Å². The van der Waals surface area contributed by atoms with Crippen molar-refractivity contribution >= 4 is 29.3 Å². The van der Waals surface area contributed by atoms with Gasteiger partial charge in [-0.2, -0.15) is 0 Å². The van der Waals surface area contributed by atoms with Crippen LogP contribution in [0.5, 0.6) is 0 Å².